The van der Waals surface area contributed by atoms with Crippen LogP contribution in [0, 0.1) is 0 Å². The minimum absolute atomic E-state index is 0.172. The Morgan fingerprint density at radius 1 is 1.53 bits per heavy atom. The molecule has 0 aliphatic heterocycles. The third-order valence-corrected chi connectivity index (χ3v) is 2.95. The summed E-state index contributed by atoms with van der Waals surface area (Å²) in [5.74, 6) is 0.302. The smallest absolute Gasteiger partial charge is 0.178 e. The first-order valence-electron chi connectivity index (χ1n) is 5.48. The molecule has 0 saturated heterocycles. The second-order valence-corrected chi connectivity index (χ2v) is 4.26. The molecule has 3 nitrogen and oxygen atoms in total. The standard InChI is InChI=1S/C13H18ClNO2/c1-9(16)12(8-17-10(2)15-3)11-6-4-5-7-13(11)14/h4-7,9,12,15-16H,2,8H2,1,3H3/t9?,12-/m0/s1. The molecule has 0 heterocycles. The van der Waals surface area contributed by atoms with Gasteiger partial charge in [-0.2, -0.15) is 0 Å². The van der Waals surface area contributed by atoms with Gasteiger partial charge in [0.15, 0.2) is 5.88 Å². The van der Waals surface area contributed by atoms with Gasteiger partial charge in [0.1, 0.15) is 0 Å². The first-order chi connectivity index (χ1) is 8.06. The van der Waals surface area contributed by atoms with Gasteiger partial charge in [0.05, 0.1) is 12.7 Å². The van der Waals surface area contributed by atoms with Crippen molar-refractivity contribution < 1.29 is 9.84 Å². The van der Waals surface area contributed by atoms with Crippen molar-refractivity contribution in [2.75, 3.05) is 13.7 Å². The monoisotopic (exact) mass is 255 g/mol. The molecule has 2 atom stereocenters. The van der Waals surface area contributed by atoms with E-state index >= 15 is 0 Å². The lowest BCUT2D eigenvalue weighted by Crippen LogP contribution is -2.22. The molecule has 1 aromatic rings. The number of aliphatic hydroxyl groups excluding tert-OH is 1. The second kappa shape index (κ2) is 6.52. The van der Waals surface area contributed by atoms with Gasteiger partial charge in [-0.05, 0) is 25.1 Å². The number of rotatable bonds is 6. The van der Waals surface area contributed by atoms with Gasteiger partial charge in [-0.3, -0.25) is 0 Å². The van der Waals surface area contributed by atoms with E-state index in [0.717, 1.165) is 5.56 Å². The minimum atomic E-state index is -0.542. The predicted molar refractivity (Wildman–Crippen MR) is 70.0 cm³/mol. The molecule has 0 aliphatic carbocycles. The molecule has 2 N–H and O–H groups in total. The Balaban J connectivity index is 2.80. The van der Waals surface area contributed by atoms with Gasteiger partial charge < -0.3 is 15.2 Å². The molecule has 0 amide bonds. The Kier molecular flexibility index (Phi) is 5.32. The highest BCUT2D eigenvalue weighted by Gasteiger charge is 2.20. The van der Waals surface area contributed by atoms with Gasteiger partial charge in [-0.1, -0.05) is 29.8 Å². The molecule has 0 aliphatic rings. The third kappa shape index (κ3) is 3.95. The third-order valence-electron chi connectivity index (χ3n) is 2.60. The summed E-state index contributed by atoms with van der Waals surface area (Å²) in [7, 11) is 1.73. The van der Waals surface area contributed by atoms with Crippen LogP contribution >= 0.6 is 11.6 Å². The number of aliphatic hydroxyl groups is 1. The molecule has 0 bridgehead atoms. The summed E-state index contributed by atoms with van der Waals surface area (Å²) in [4.78, 5) is 0. The molecule has 0 radical (unpaired) electrons. The number of hydrogen-bond donors (Lipinski definition) is 2. The zero-order valence-electron chi connectivity index (χ0n) is 10.1. The van der Waals surface area contributed by atoms with Gasteiger partial charge in [-0.15, -0.1) is 0 Å². The molecule has 0 aromatic heterocycles. The fourth-order valence-electron chi connectivity index (χ4n) is 1.53. The van der Waals surface area contributed by atoms with Crippen LogP contribution in [0.25, 0.3) is 0 Å². The Labute approximate surface area is 107 Å². The summed E-state index contributed by atoms with van der Waals surface area (Å²) in [6, 6.07) is 7.45. The van der Waals surface area contributed by atoms with Crippen molar-refractivity contribution >= 4 is 11.6 Å². The van der Waals surface area contributed by atoms with Gasteiger partial charge in [0.2, 0.25) is 0 Å². The topological polar surface area (TPSA) is 41.5 Å². The summed E-state index contributed by atoms with van der Waals surface area (Å²) in [6.45, 7) is 5.73. The summed E-state index contributed by atoms with van der Waals surface area (Å²) in [5, 5.41) is 13.2. The van der Waals surface area contributed by atoms with E-state index in [9.17, 15) is 5.11 Å². The Hall–Kier alpha value is -1.19. The average molecular weight is 256 g/mol. The number of hydrogen-bond acceptors (Lipinski definition) is 3. The van der Waals surface area contributed by atoms with Crippen LogP contribution in [0.4, 0.5) is 0 Å². The van der Waals surface area contributed by atoms with Gasteiger partial charge in [0, 0.05) is 18.0 Å². The van der Waals surface area contributed by atoms with Crippen LogP contribution in [0.5, 0.6) is 0 Å². The number of ether oxygens (including phenoxy) is 1. The van der Waals surface area contributed by atoms with Gasteiger partial charge >= 0.3 is 0 Å². The lowest BCUT2D eigenvalue weighted by atomic mass is 9.95. The first kappa shape index (κ1) is 13.9. The van der Waals surface area contributed by atoms with E-state index in [1.807, 2.05) is 18.2 Å². The van der Waals surface area contributed by atoms with E-state index in [-0.39, 0.29) is 5.92 Å². The maximum absolute atomic E-state index is 9.79. The molecule has 0 fully saturated rings. The highest BCUT2D eigenvalue weighted by molar-refractivity contribution is 6.31. The first-order valence-corrected chi connectivity index (χ1v) is 5.86. The van der Waals surface area contributed by atoms with Crippen molar-refractivity contribution in [3.8, 4) is 0 Å². The number of benzene rings is 1. The zero-order valence-corrected chi connectivity index (χ0v) is 10.9. The van der Waals surface area contributed by atoms with Crippen molar-refractivity contribution in [1.82, 2.24) is 5.32 Å². The zero-order chi connectivity index (χ0) is 12.8. The van der Waals surface area contributed by atoms with Crippen molar-refractivity contribution in [2.24, 2.45) is 0 Å². The molecular formula is C13H18ClNO2. The number of nitrogens with one attached hydrogen (secondary N) is 1. The molecule has 0 saturated carbocycles. The van der Waals surface area contributed by atoms with E-state index in [0.29, 0.717) is 17.5 Å². The Bertz CT molecular complexity index is 379. The lowest BCUT2D eigenvalue weighted by Gasteiger charge is -2.22. The van der Waals surface area contributed by atoms with Gasteiger partial charge in [-0.25, -0.2) is 0 Å². The molecule has 4 heteroatoms. The highest BCUT2D eigenvalue weighted by Crippen LogP contribution is 2.27. The normalized spacial score (nSPS) is 13.9. The largest absolute Gasteiger partial charge is 0.479 e. The van der Waals surface area contributed by atoms with Crippen LogP contribution in [0.1, 0.15) is 18.4 Å². The SMILES string of the molecule is C=C(NC)OC[C@H](c1ccccc1Cl)C(C)O. The molecule has 1 rings (SSSR count). The van der Waals surface area contributed by atoms with Crippen LogP contribution < -0.4 is 5.32 Å². The quantitative estimate of drug-likeness (QED) is 0.768. The van der Waals surface area contributed by atoms with E-state index < -0.39 is 6.10 Å². The summed E-state index contributed by atoms with van der Waals surface area (Å²) < 4.78 is 5.40. The summed E-state index contributed by atoms with van der Waals surface area (Å²) >= 11 is 6.11. The fraction of sp³-hybridized carbons (Fsp3) is 0.385. The van der Waals surface area contributed by atoms with E-state index in [1.54, 1.807) is 20.0 Å². The molecule has 1 aromatic carbocycles. The van der Waals surface area contributed by atoms with Crippen LogP contribution in [-0.2, 0) is 4.74 Å². The van der Waals surface area contributed by atoms with E-state index in [1.165, 1.54) is 0 Å². The molecule has 94 valence electrons. The van der Waals surface area contributed by atoms with Crippen LogP contribution in [0.2, 0.25) is 5.02 Å². The Morgan fingerprint density at radius 2 is 2.18 bits per heavy atom. The molecule has 17 heavy (non-hydrogen) atoms. The maximum atomic E-state index is 9.79. The molecule has 1 unspecified atom stereocenters. The van der Waals surface area contributed by atoms with E-state index in [4.69, 9.17) is 16.3 Å². The summed E-state index contributed by atoms with van der Waals surface area (Å²) in [5.41, 5.74) is 0.882. The minimum Gasteiger partial charge on any atom is -0.479 e. The van der Waals surface area contributed by atoms with Crippen molar-refractivity contribution in [3.63, 3.8) is 0 Å². The molecular weight excluding hydrogens is 238 g/mol. The summed E-state index contributed by atoms with van der Waals surface area (Å²) in [6.07, 6.45) is -0.542. The molecule has 0 spiro atoms. The average Bonchev–Trinajstić information content (AvgIpc) is 2.30. The van der Waals surface area contributed by atoms with E-state index in [2.05, 4.69) is 11.9 Å². The second-order valence-electron chi connectivity index (χ2n) is 3.85. The highest BCUT2D eigenvalue weighted by atomic mass is 35.5. The van der Waals surface area contributed by atoms with Crippen molar-refractivity contribution in [2.45, 2.75) is 18.9 Å². The van der Waals surface area contributed by atoms with Crippen LogP contribution in [0.15, 0.2) is 36.7 Å². The van der Waals surface area contributed by atoms with Crippen LogP contribution in [-0.4, -0.2) is 24.9 Å². The number of halogens is 1. The van der Waals surface area contributed by atoms with Crippen LogP contribution in [0.3, 0.4) is 0 Å². The van der Waals surface area contributed by atoms with Crippen molar-refractivity contribution in [1.29, 1.82) is 0 Å². The lowest BCUT2D eigenvalue weighted by molar-refractivity contribution is 0.0972. The maximum Gasteiger partial charge on any atom is 0.178 e. The Morgan fingerprint density at radius 3 is 2.71 bits per heavy atom. The van der Waals surface area contributed by atoms with Gasteiger partial charge in [0.25, 0.3) is 0 Å². The predicted octanol–water partition coefficient (Wildman–Crippen LogP) is 2.51. The van der Waals surface area contributed by atoms with Crippen molar-refractivity contribution in [3.05, 3.63) is 47.3 Å². The fourth-order valence-corrected chi connectivity index (χ4v) is 1.80.